The van der Waals surface area contributed by atoms with Gasteiger partial charge < -0.3 is 10.5 Å². The van der Waals surface area contributed by atoms with Crippen LogP contribution in [0.1, 0.15) is 17.3 Å². The summed E-state index contributed by atoms with van der Waals surface area (Å²) in [6, 6.07) is 6.49. The van der Waals surface area contributed by atoms with Crippen molar-refractivity contribution < 1.29 is 14.3 Å². The molecule has 0 unspecified atom stereocenters. The van der Waals surface area contributed by atoms with E-state index >= 15 is 0 Å². The molecule has 0 aliphatic heterocycles. The van der Waals surface area contributed by atoms with Crippen molar-refractivity contribution in [3.8, 4) is 5.69 Å². The van der Waals surface area contributed by atoms with Crippen molar-refractivity contribution in [3.05, 3.63) is 36.2 Å². The van der Waals surface area contributed by atoms with E-state index in [0.29, 0.717) is 5.69 Å². The van der Waals surface area contributed by atoms with Crippen molar-refractivity contribution >= 4 is 11.9 Å². The number of nitrogens with two attached hydrogens (primary N) is 1. The normalized spacial score (nSPS) is 11.8. The molecule has 2 N–H and O–H groups in total. The molecule has 2 aromatic rings. The van der Waals surface area contributed by atoms with Gasteiger partial charge in [-0.2, -0.15) is 0 Å². The van der Waals surface area contributed by atoms with Gasteiger partial charge >= 0.3 is 5.97 Å². The molecule has 0 spiro atoms. The van der Waals surface area contributed by atoms with Gasteiger partial charge in [-0.15, -0.1) is 5.10 Å². The Labute approximate surface area is 108 Å². The number of primary amides is 1. The first-order valence-electron chi connectivity index (χ1n) is 5.41. The predicted molar refractivity (Wildman–Crippen MR) is 63.2 cm³/mol. The molecule has 0 saturated carbocycles. The Hall–Kier alpha value is -2.77. The summed E-state index contributed by atoms with van der Waals surface area (Å²) in [4.78, 5) is 22.6. The summed E-state index contributed by atoms with van der Waals surface area (Å²) in [7, 11) is 0. The second-order valence-electron chi connectivity index (χ2n) is 3.75. The van der Waals surface area contributed by atoms with E-state index in [1.807, 2.05) is 0 Å². The molecule has 8 nitrogen and oxygen atoms in total. The highest BCUT2D eigenvalue weighted by atomic mass is 16.5. The zero-order valence-electron chi connectivity index (χ0n) is 10.1. The van der Waals surface area contributed by atoms with Crippen molar-refractivity contribution in [3.63, 3.8) is 0 Å². The van der Waals surface area contributed by atoms with Gasteiger partial charge in [0.15, 0.2) is 6.10 Å². The van der Waals surface area contributed by atoms with Gasteiger partial charge in [0.25, 0.3) is 5.91 Å². The Kier molecular flexibility index (Phi) is 3.51. The van der Waals surface area contributed by atoms with Gasteiger partial charge in [0.05, 0.1) is 11.3 Å². The fourth-order valence-electron chi connectivity index (χ4n) is 1.34. The summed E-state index contributed by atoms with van der Waals surface area (Å²) in [5.74, 6) is -1.34. The Bertz CT molecular complexity index is 596. The molecule has 0 bridgehead atoms. The molecule has 1 heterocycles. The fraction of sp³-hybridized carbons (Fsp3) is 0.182. The molecule has 0 radical (unpaired) electrons. The van der Waals surface area contributed by atoms with Crippen LogP contribution in [0, 0.1) is 0 Å². The van der Waals surface area contributed by atoms with Crippen LogP contribution in [0.2, 0.25) is 0 Å². The van der Waals surface area contributed by atoms with Crippen LogP contribution in [0.25, 0.3) is 5.69 Å². The molecule has 0 aliphatic carbocycles. The largest absolute Gasteiger partial charge is 0.449 e. The van der Waals surface area contributed by atoms with Crippen molar-refractivity contribution in [2.24, 2.45) is 5.73 Å². The Balaban J connectivity index is 2.19. The number of aromatic nitrogens is 4. The van der Waals surface area contributed by atoms with Crippen LogP contribution in [-0.2, 0) is 9.53 Å². The third-order valence-electron chi connectivity index (χ3n) is 2.38. The minimum absolute atomic E-state index is 0.279. The van der Waals surface area contributed by atoms with E-state index in [4.69, 9.17) is 10.5 Å². The second-order valence-corrected chi connectivity index (χ2v) is 3.75. The summed E-state index contributed by atoms with van der Waals surface area (Å²) in [5, 5.41) is 10.7. The number of hydrogen-bond donors (Lipinski definition) is 1. The average Bonchev–Trinajstić information content (AvgIpc) is 2.92. The lowest BCUT2D eigenvalue weighted by atomic mass is 10.2. The molecule has 8 heteroatoms. The summed E-state index contributed by atoms with van der Waals surface area (Å²) in [5.41, 5.74) is 5.90. The average molecular weight is 261 g/mol. The number of nitrogens with zero attached hydrogens (tertiary/aromatic N) is 4. The molecule has 0 aliphatic rings. The molecule has 1 aromatic heterocycles. The van der Waals surface area contributed by atoms with Gasteiger partial charge in [-0.25, -0.2) is 9.48 Å². The topological polar surface area (TPSA) is 113 Å². The van der Waals surface area contributed by atoms with Crippen LogP contribution in [-0.4, -0.2) is 38.2 Å². The highest BCUT2D eigenvalue weighted by Gasteiger charge is 2.16. The first-order valence-corrected chi connectivity index (χ1v) is 5.41. The first kappa shape index (κ1) is 12.7. The lowest BCUT2D eigenvalue weighted by Crippen LogP contribution is -2.30. The van der Waals surface area contributed by atoms with Crippen LogP contribution >= 0.6 is 0 Å². The SMILES string of the molecule is C[C@@H](OC(=O)c1cccc(-n2cnnn2)c1)C(N)=O. The van der Waals surface area contributed by atoms with Crippen LogP contribution in [0.5, 0.6) is 0 Å². The van der Waals surface area contributed by atoms with Crippen LogP contribution in [0.15, 0.2) is 30.6 Å². The van der Waals surface area contributed by atoms with Crippen molar-refractivity contribution in [1.29, 1.82) is 0 Å². The molecule has 98 valence electrons. The Morgan fingerprint density at radius 1 is 1.42 bits per heavy atom. The quantitative estimate of drug-likeness (QED) is 0.755. The standard InChI is InChI=1S/C11H11N5O3/c1-7(10(12)17)19-11(18)8-3-2-4-9(5-8)16-6-13-14-15-16/h2-7H,1H3,(H2,12,17)/t7-/m1/s1. The summed E-state index contributed by atoms with van der Waals surface area (Å²) < 4.78 is 6.29. The Morgan fingerprint density at radius 2 is 2.21 bits per heavy atom. The van der Waals surface area contributed by atoms with E-state index in [1.165, 1.54) is 17.9 Å². The highest BCUT2D eigenvalue weighted by molar-refractivity contribution is 5.92. The maximum atomic E-state index is 11.8. The molecule has 2 rings (SSSR count). The van der Waals surface area contributed by atoms with Crippen LogP contribution in [0.4, 0.5) is 0 Å². The minimum Gasteiger partial charge on any atom is -0.449 e. The number of rotatable bonds is 4. The lowest BCUT2D eigenvalue weighted by molar-refractivity contribution is -0.125. The Morgan fingerprint density at radius 3 is 2.84 bits per heavy atom. The molecular formula is C11H11N5O3. The van der Waals surface area contributed by atoms with Gasteiger partial charge in [-0.1, -0.05) is 6.07 Å². The zero-order valence-corrected chi connectivity index (χ0v) is 10.1. The maximum absolute atomic E-state index is 11.8. The van der Waals surface area contributed by atoms with Crippen LogP contribution in [0.3, 0.4) is 0 Å². The lowest BCUT2D eigenvalue weighted by Gasteiger charge is -2.10. The van der Waals surface area contributed by atoms with E-state index < -0.39 is 18.0 Å². The summed E-state index contributed by atoms with van der Waals surface area (Å²) in [6.45, 7) is 1.41. The first-order chi connectivity index (χ1) is 9.08. The number of ether oxygens (including phenoxy) is 1. The number of carbonyl (C=O) groups is 2. The van der Waals surface area contributed by atoms with Gasteiger partial charge in [0.2, 0.25) is 0 Å². The van der Waals surface area contributed by atoms with E-state index in [2.05, 4.69) is 15.5 Å². The minimum atomic E-state index is -0.982. The third-order valence-corrected chi connectivity index (χ3v) is 2.38. The molecule has 1 aromatic carbocycles. The maximum Gasteiger partial charge on any atom is 0.338 e. The van der Waals surface area contributed by atoms with E-state index in [0.717, 1.165) is 0 Å². The number of hydrogen-bond acceptors (Lipinski definition) is 6. The number of esters is 1. The van der Waals surface area contributed by atoms with E-state index in [9.17, 15) is 9.59 Å². The number of amides is 1. The van der Waals surface area contributed by atoms with Crippen molar-refractivity contribution in [2.45, 2.75) is 13.0 Å². The molecule has 0 fully saturated rings. The smallest absolute Gasteiger partial charge is 0.338 e. The van der Waals surface area contributed by atoms with Crippen molar-refractivity contribution in [1.82, 2.24) is 20.2 Å². The zero-order chi connectivity index (χ0) is 13.8. The predicted octanol–water partition coefficient (Wildman–Crippen LogP) is -0.307. The molecule has 0 saturated heterocycles. The highest BCUT2D eigenvalue weighted by Crippen LogP contribution is 2.10. The molecule has 1 amide bonds. The number of tetrazole rings is 1. The van der Waals surface area contributed by atoms with E-state index in [1.54, 1.807) is 24.3 Å². The van der Waals surface area contributed by atoms with Gasteiger partial charge in [0, 0.05) is 0 Å². The molecular weight excluding hydrogens is 250 g/mol. The number of carbonyl (C=O) groups excluding carboxylic acids is 2. The van der Waals surface area contributed by atoms with E-state index in [-0.39, 0.29) is 5.56 Å². The molecule has 1 atom stereocenters. The fourth-order valence-corrected chi connectivity index (χ4v) is 1.34. The molecule has 19 heavy (non-hydrogen) atoms. The number of benzene rings is 1. The summed E-state index contributed by atoms with van der Waals surface area (Å²) in [6.07, 6.45) is 0.417. The second kappa shape index (κ2) is 5.25. The van der Waals surface area contributed by atoms with Gasteiger partial charge in [0.1, 0.15) is 6.33 Å². The monoisotopic (exact) mass is 261 g/mol. The van der Waals surface area contributed by atoms with Gasteiger partial charge in [-0.3, -0.25) is 4.79 Å². The van der Waals surface area contributed by atoms with Crippen LogP contribution < -0.4 is 5.73 Å². The summed E-state index contributed by atoms with van der Waals surface area (Å²) >= 11 is 0. The third kappa shape index (κ3) is 2.92. The van der Waals surface area contributed by atoms with Gasteiger partial charge in [-0.05, 0) is 35.5 Å². The van der Waals surface area contributed by atoms with Crippen molar-refractivity contribution in [2.75, 3.05) is 0 Å².